The smallest absolute Gasteiger partial charge is 0.307 e. The fourth-order valence-electron chi connectivity index (χ4n) is 7.69. The maximum absolute atomic E-state index is 13.0. The van der Waals surface area contributed by atoms with Gasteiger partial charge in [0, 0.05) is 6.04 Å². The summed E-state index contributed by atoms with van der Waals surface area (Å²) in [6.45, 7) is 2.18. The van der Waals surface area contributed by atoms with Gasteiger partial charge in [0.1, 0.15) is 0 Å². The number of carbonyl (C=O) groups excluding carboxylic acids is 1. The number of nitrogens with one attached hydrogen (secondary N) is 1. The first-order valence-corrected chi connectivity index (χ1v) is 10.2. The second-order valence-electron chi connectivity index (χ2n) is 9.85. The number of fused-ring (bicyclic) bond motifs is 2. The normalized spacial score (nSPS) is 50.2. The van der Waals surface area contributed by atoms with Gasteiger partial charge in [-0.15, -0.1) is 0 Å². The summed E-state index contributed by atoms with van der Waals surface area (Å²) < 4.78 is 0. The van der Waals surface area contributed by atoms with Gasteiger partial charge < -0.3 is 10.4 Å². The molecular weight excluding hydrogens is 314 g/mol. The van der Waals surface area contributed by atoms with E-state index in [1.807, 2.05) is 6.08 Å². The largest absolute Gasteiger partial charge is 0.481 e. The number of aliphatic carboxylic acids is 1. The van der Waals surface area contributed by atoms with Gasteiger partial charge in [0.05, 0.1) is 11.8 Å². The van der Waals surface area contributed by atoms with E-state index in [9.17, 15) is 14.7 Å². The SMILES string of the molecule is CC(NC(=O)C1C2C=CC(C2)C1C(=O)O)C12CC3CC(CC(C3)C1)C2. The first-order chi connectivity index (χ1) is 11.9. The van der Waals surface area contributed by atoms with Gasteiger partial charge >= 0.3 is 5.97 Å². The minimum absolute atomic E-state index is 0.00695. The second-order valence-corrected chi connectivity index (χ2v) is 9.85. The van der Waals surface area contributed by atoms with Crippen molar-refractivity contribution in [1.29, 1.82) is 0 Å². The Morgan fingerprint density at radius 1 is 0.960 bits per heavy atom. The zero-order chi connectivity index (χ0) is 17.3. The van der Waals surface area contributed by atoms with Crippen molar-refractivity contribution in [3.63, 3.8) is 0 Å². The van der Waals surface area contributed by atoms with Crippen molar-refractivity contribution in [1.82, 2.24) is 5.32 Å². The first-order valence-electron chi connectivity index (χ1n) is 10.2. The van der Waals surface area contributed by atoms with Gasteiger partial charge in [0.25, 0.3) is 0 Å². The number of carbonyl (C=O) groups is 2. The van der Waals surface area contributed by atoms with Crippen LogP contribution in [0.2, 0.25) is 0 Å². The Labute approximate surface area is 149 Å². The van der Waals surface area contributed by atoms with Gasteiger partial charge in [0.2, 0.25) is 5.91 Å². The van der Waals surface area contributed by atoms with Gasteiger partial charge in [-0.1, -0.05) is 12.2 Å². The number of carboxylic acid groups (broad SMARTS) is 1. The summed E-state index contributed by atoms with van der Waals surface area (Å²) in [7, 11) is 0. The van der Waals surface area contributed by atoms with E-state index < -0.39 is 11.9 Å². The first kappa shape index (κ1) is 15.9. The molecule has 0 radical (unpaired) electrons. The molecule has 1 amide bonds. The average Bonchev–Trinajstić information content (AvgIpc) is 3.14. The van der Waals surface area contributed by atoms with Crippen molar-refractivity contribution < 1.29 is 14.7 Å². The molecule has 136 valence electrons. The molecule has 6 aliphatic rings. The van der Waals surface area contributed by atoms with Crippen LogP contribution in [0.1, 0.15) is 51.9 Å². The van der Waals surface area contributed by atoms with Crippen LogP contribution in [0.25, 0.3) is 0 Å². The highest BCUT2D eigenvalue weighted by Gasteiger charge is 2.55. The highest BCUT2D eigenvalue weighted by atomic mass is 16.4. The molecule has 6 rings (SSSR count). The van der Waals surface area contributed by atoms with Crippen molar-refractivity contribution in [3.05, 3.63) is 12.2 Å². The summed E-state index contributed by atoms with van der Waals surface area (Å²) in [5, 5.41) is 12.9. The fourth-order valence-corrected chi connectivity index (χ4v) is 7.69. The van der Waals surface area contributed by atoms with Crippen LogP contribution in [0.15, 0.2) is 12.2 Å². The predicted octanol–water partition coefficient (Wildman–Crippen LogP) is 3.23. The Balaban J connectivity index is 1.33. The van der Waals surface area contributed by atoms with E-state index in [0.29, 0.717) is 0 Å². The van der Waals surface area contributed by atoms with Crippen molar-refractivity contribution in [2.24, 2.45) is 46.8 Å². The molecule has 2 N–H and O–H groups in total. The predicted molar refractivity (Wildman–Crippen MR) is 93.6 cm³/mol. The quantitative estimate of drug-likeness (QED) is 0.770. The highest BCUT2D eigenvalue weighted by Crippen LogP contribution is 2.61. The Hall–Kier alpha value is -1.32. The molecule has 6 bridgehead atoms. The van der Waals surface area contributed by atoms with Gasteiger partial charge in [-0.05, 0) is 86.9 Å². The minimum Gasteiger partial charge on any atom is -0.481 e. The molecule has 5 saturated carbocycles. The summed E-state index contributed by atoms with van der Waals surface area (Å²) in [6, 6.07) is 0.172. The third kappa shape index (κ3) is 2.32. The lowest BCUT2D eigenvalue weighted by atomic mass is 9.48. The summed E-state index contributed by atoms with van der Waals surface area (Å²) >= 11 is 0. The maximum atomic E-state index is 13.0. The van der Waals surface area contributed by atoms with Crippen LogP contribution in [0.4, 0.5) is 0 Å². The Morgan fingerprint density at radius 2 is 1.48 bits per heavy atom. The molecule has 0 aromatic carbocycles. The van der Waals surface area contributed by atoms with Crippen LogP contribution in [0, 0.1) is 46.8 Å². The maximum Gasteiger partial charge on any atom is 0.307 e. The third-order valence-corrected chi connectivity index (χ3v) is 8.41. The lowest BCUT2D eigenvalue weighted by Crippen LogP contribution is -2.57. The van der Waals surface area contributed by atoms with Crippen LogP contribution in [-0.2, 0) is 9.59 Å². The second kappa shape index (κ2) is 5.34. The van der Waals surface area contributed by atoms with E-state index >= 15 is 0 Å². The van der Waals surface area contributed by atoms with Crippen LogP contribution in [-0.4, -0.2) is 23.0 Å². The molecule has 0 spiro atoms. The van der Waals surface area contributed by atoms with E-state index in [-0.39, 0.29) is 35.1 Å². The number of amides is 1. The highest BCUT2D eigenvalue weighted by molar-refractivity contribution is 5.87. The monoisotopic (exact) mass is 343 g/mol. The molecule has 5 fully saturated rings. The van der Waals surface area contributed by atoms with Crippen LogP contribution in [0.5, 0.6) is 0 Å². The lowest BCUT2D eigenvalue weighted by Gasteiger charge is -2.59. The standard InChI is InChI=1S/C21H29NO3/c1-11(21-8-12-4-13(9-21)6-14(5-12)10-21)22-19(23)17-15-2-3-16(7-15)18(17)20(24)25/h2-3,11-18H,4-10H2,1H3,(H,22,23)(H,24,25). The molecule has 4 nitrogen and oxygen atoms in total. The molecule has 25 heavy (non-hydrogen) atoms. The van der Waals surface area contributed by atoms with E-state index in [2.05, 4.69) is 18.3 Å². The number of rotatable bonds is 4. The number of allylic oxidation sites excluding steroid dienone is 2. The number of carboxylic acids is 1. The van der Waals surface area contributed by atoms with Gasteiger partial charge in [-0.25, -0.2) is 0 Å². The number of hydrogen-bond donors (Lipinski definition) is 2. The van der Waals surface area contributed by atoms with Gasteiger partial charge in [0.15, 0.2) is 0 Å². The molecule has 5 unspecified atom stereocenters. The zero-order valence-corrected chi connectivity index (χ0v) is 15.0. The van der Waals surface area contributed by atoms with E-state index in [0.717, 1.165) is 24.2 Å². The molecule has 6 aliphatic carbocycles. The van der Waals surface area contributed by atoms with Crippen molar-refractivity contribution in [2.45, 2.75) is 57.9 Å². The molecule has 0 aromatic rings. The van der Waals surface area contributed by atoms with Crippen molar-refractivity contribution in [2.75, 3.05) is 0 Å². The zero-order valence-electron chi connectivity index (χ0n) is 15.0. The summed E-state index contributed by atoms with van der Waals surface area (Å²) in [6.07, 6.45) is 12.9. The summed E-state index contributed by atoms with van der Waals surface area (Å²) in [5.74, 6) is 1.05. The van der Waals surface area contributed by atoms with E-state index in [1.54, 1.807) is 0 Å². The van der Waals surface area contributed by atoms with Crippen LogP contribution in [0.3, 0.4) is 0 Å². The Kier molecular flexibility index (Phi) is 3.40. The van der Waals surface area contributed by atoms with Crippen LogP contribution >= 0.6 is 0 Å². The summed E-state index contributed by atoms with van der Waals surface area (Å²) in [5.41, 5.74) is 0.274. The minimum atomic E-state index is -0.806. The Morgan fingerprint density at radius 3 is 2.00 bits per heavy atom. The molecule has 0 saturated heterocycles. The molecule has 0 aliphatic heterocycles. The van der Waals surface area contributed by atoms with E-state index in [1.165, 1.54) is 38.5 Å². The van der Waals surface area contributed by atoms with Gasteiger partial charge in [-0.3, -0.25) is 9.59 Å². The fraction of sp³-hybridized carbons (Fsp3) is 0.810. The summed E-state index contributed by atoms with van der Waals surface area (Å²) in [4.78, 5) is 24.7. The molecule has 5 atom stereocenters. The van der Waals surface area contributed by atoms with E-state index in [4.69, 9.17) is 0 Å². The molecule has 0 aromatic heterocycles. The topological polar surface area (TPSA) is 66.4 Å². The van der Waals surface area contributed by atoms with Crippen LogP contribution < -0.4 is 5.32 Å². The third-order valence-electron chi connectivity index (χ3n) is 8.41. The Bertz CT molecular complexity index is 604. The number of hydrogen-bond acceptors (Lipinski definition) is 2. The van der Waals surface area contributed by atoms with Crippen molar-refractivity contribution >= 4 is 11.9 Å². The van der Waals surface area contributed by atoms with Crippen molar-refractivity contribution in [3.8, 4) is 0 Å². The molecule has 0 heterocycles. The molecule has 4 heteroatoms. The molecular formula is C21H29NO3. The lowest BCUT2D eigenvalue weighted by molar-refractivity contribution is -0.148. The van der Waals surface area contributed by atoms with Gasteiger partial charge in [-0.2, -0.15) is 0 Å². The average molecular weight is 343 g/mol.